The second kappa shape index (κ2) is 11.8. The van der Waals surface area contributed by atoms with E-state index in [4.69, 9.17) is 14.2 Å². The molecule has 0 N–H and O–H groups in total. The van der Waals surface area contributed by atoms with Crippen LogP contribution in [0.15, 0.2) is 66.0 Å². The molecule has 0 saturated heterocycles. The normalized spacial score (nSPS) is 11.8. The number of hydrogen-bond donors (Lipinski definition) is 0. The Morgan fingerprint density at radius 3 is 2.41 bits per heavy atom. The number of nitrogens with zero attached hydrogens (tertiary/aromatic N) is 1. The van der Waals surface area contributed by atoms with Gasteiger partial charge in [-0.15, -0.1) is 11.3 Å². The van der Waals surface area contributed by atoms with E-state index in [1.807, 2.05) is 24.3 Å². The van der Waals surface area contributed by atoms with Crippen LogP contribution < -0.4 is 19.5 Å². The summed E-state index contributed by atoms with van der Waals surface area (Å²) in [7, 11) is 1.32. The monoisotopic (exact) mass is 479 g/mol. The third-order valence-corrected chi connectivity index (χ3v) is 5.79. The predicted molar refractivity (Wildman–Crippen MR) is 132 cm³/mol. The van der Waals surface area contributed by atoms with Crippen LogP contribution in [0.4, 0.5) is 0 Å². The second-order valence-electron chi connectivity index (χ2n) is 7.09. The van der Waals surface area contributed by atoms with Crippen molar-refractivity contribution in [1.82, 2.24) is 4.57 Å². The highest BCUT2D eigenvalue weighted by Crippen LogP contribution is 2.12. The van der Waals surface area contributed by atoms with Crippen molar-refractivity contribution in [2.45, 2.75) is 13.5 Å². The SMILES string of the molecule is C=CCOc1ccc(/C=c2\s/c(=C\C(=O)OCC)n(Cc3ccc(C(=O)OC)cc3)c2=O)cc1. The highest BCUT2D eigenvalue weighted by molar-refractivity contribution is 7.07. The molecule has 1 aromatic heterocycles. The van der Waals surface area contributed by atoms with E-state index in [1.54, 1.807) is 43.3 Å². The van der Waals surface area contributed by atoms with Gasteiger partial charge < -0.3 is 14.2 Å². The molecule has 0 bridgehead atoms. The maximum Gasteiger partial charge on any atom is 0.337 e. The van der Waals surface area contributed by atoms with E-state index in [0.717, 1.165) is 11.1 Å². The zero-order valence-electron chi connectivity index (χ0n) is 19.0. The van der Waals surface area contributed by atoms with Crippen LogP contribution in [0.5, 0.6) is 5.75 Å². The van der Waals surface area contributed by atoms with Crippen molar-refractivity contribution in [2.75, 3.05) is 20.3 Å². The minimum Gasteiger partial charge on any atom is -0.490 e. The molecule has 0 spiro atoms. The summed E-state index contributed by atoms with van der Waals surface area (Å²) in [6.45, 7) is 6.21. The van der Waals surface area contributed by atoms with Crippen molar-refractivity contribution < 1.29 is 23.8 Å². The molecule has 3 aromatic rings. The van der Waals surface area contributed by atoms with Gasteiger partial charge in [0.05, 0.1) is 36.4 Å². The molecule has 0 aliphatic rings. The van der Waals surface area contributed by atoms with Crippen LogP contribution in [0, 0.1) is 0 Å². The van der Waals surface area contributed by atoms with Crippen LogP contribution in [0.1, 0.15) is 28.4 Å². The van der Waals surface area contributed by atoms with Crippen molar-refractivity contribution in [3.05, 3.63) is 97.4 Å². The van der Waals surface area contributed by atoms with Gasteiger partial charge in [0.1, 0.15) is 17.0 Å². The van der Waals surface area contributed by atoms with Crippen LogP contribution in [0.2, 0.25) is 0 Å². The molecule has 0 saturated carbocycles. The standard InChI is InChI=1S/C26H25NO6S/c1-4-14-33-21-12-8-18(9-13-21)15-22-25(29)27(23(34-22)16-24(28)32-5-2)17-19-6-10-20(11-7-19)26(30)31-3/h4,6-13,15-16H,1,5,14,17H2,2-3H3/b22-15-,23-16-. The van der Waals surface area contributed by atoms with Crippen molar-refractivity contribution in [3.63, 3.8) is 0 Å². The predicted octanol–water partition coefficient (Wildman–Crippen LogP) is 2.48. The Morgan fingerprint density at radius 1 is 1.09 bits per heavy atom. The fraction of sp³-hybridized carbons (Fsp3) is 0.192. The molecule has 0 fully saturated rings. The Labute approximate surface area is 200 Å². The van der Waals surface area contributed by atoms with E-state index in [2.05, 4.69) is 6.58 Å². The lowest BCUT2D eigenvalue weighted by molar-refractivity contribution is -0.135. The van der Waals surface area contributed by atoms with Crippen LogP contribution >= 0.6 is 11.3 Å². The largest absolute Gasteiger partial charge is 0.490 e. The van der Waals surface area contributed by atoms with Crippen molar-refractivity contribution in [2.24, 2.45) is 0 Å². The first-order valence-electron chi connectivity index (χ1n) is 10.6. The number of hydrogen-bond acceptors (Lipinski definition) is 7. The Balaban J connectivity index is 2.00. The molecular formula is C26H25NO6S. The maximum absolute atomic E-state index is 13.2. The maximum atomic E-state index is 13.2. The van der Waals surface area contributed by atoms with Gasteiger partial charge >= 0.3 is 11.9 Å². The number of ether oxygens (including phenoxy) is 3. The van der Waals surface area contributed by atoms with Gasteiger partial charge in [0.2, 0.25) is 0 Å². The molecule has 1 heterocycles. The average Bonchev–Trinajstić information content (AvgIpc) is 3.12. The van der Waals surface area contributed by atoms with Crippen LogP contribution in [0.3, 0.4) is 0 Å². The summed E-state index contributed by atoms with van der Waals surface area (Å²) >= 11 is 1.20. The molecule has 2 aromatic carbocycles. The minimum atomic E-state index is -0.520. The van der Waals surface area contributed by atoms with Gasteiger partial charge in [0, 0.05) is 0 Å². The average molecular weight is 480 g/mol. The topological polar surface area (TPSA) is 83.8 Å². The fourth-order valence-electron chi connectivity index (χ4n) is 3.09. The Hall–Kier alpha value is -3.91. The van der Waals surface area contributed by atoms with Crippen LogP contribution in [-0.4, -0.2) is 36.8 Å². The second-order valence-corrected chi connectivity index (χ2v) is 8.16. The van der Waals surface area contributed by atoms with E-state index in [1.165, 1.54) is 29.1 Å². The molecule has 0 amide bonds. The lowest BCUT2D eigenvalue weighted by atomic mass is 10.1. The number of aromatic nitrogens is 1. The molecule has 176 valence electrons. The number of carbonyl (C=O) groups is 2. The van der Waals surface area contributed by atoms with E-state index in [0.29, 0.717) is 27.1 Å². The molecule has 0 aliphatic heterocycles. The summed E-state index contributed by atoms with van der Waals surface area (Å²) in [4.78, 5) is 37.0. The van der Waals surface area contributed by atoms with E-state index < -0.39 is 11.9 Å². The molecule has 0 radical (unpaired) electrons. The van der Waals surface area contributed by atoms with E-state index >= 15 is 0 Å². The third kappa shape index (κ3) is 6.32. The van der Waals surface area contributed by atoms with Crippen molar-refractivity contribution >= 4 is 35.4 Å². The molecule has 7 nitrogen and oxygen atoms in total. The lowest BCUT2D eigenvalue weighted by Crippen LogP contribution is -2.32. The summed E-state index contributed by atoms with van der Waals surface area (Å²) in [6, 6.07) is 14.1. The number of carbonyl (C=O) groups excluding carboxylic acids is 2. The number of methoxy groups -OCH3 is 1. The van der Waals surface area contributed by atoms with Gasteiger partial charge in [-0.05, 0) is 48.4 Å². The number of esters is 2. The first kappa shape index (κ1) is 24.7. The van der Waals surface area contributed by atoms with Crippen LogP contribution in [0.25, 0.3) is 12.2 Å². The first-order chi connectivity index (χ1) is 16.4. The zero-order valence-corrected chi connectivity index (χ0v) is 19.8. The Bertz CT molecular complexity index is 1330. The Kier molecular flexibility index (Phi) is 8.59. The first-order valence-corrected chi connectivity index (χ1v) is 11.4. The minimum absolute atomic E-state index is 0.226. The molecule has 34 heavy (non-hydrogen) atoms. The van der Waals surface area contributed by atoms with Gasteiger partial charge in [-0.25, -0.2) is 9.59 Å². The van der Waals surface area contributed by atoms with E-state index in [9.17, 15) is 14.4 Å². The summed E-state index contributed by atoms with van der Waals surface area (Å²) in [5.41, 5.74) is 1.80. The molecule has 8 heteroatoms. The molecule has 3 rings (SSSR count). The number of benzene rings is 2. The smallest absolute Gasteiger partial charge is 0.337 e. The number of rotatable bonds is 9. The summed E-state index contributed by atoms with van der Waals surface area (Å²) in [5.74, 6) is -0.255. The van der Waals surface area contributed by atoms with Crippen molar-refractivity contribution in [3.8, 4) is 5.75 Å². The Morgan fingerprint density at radius 2 is 1.79 bits per heavy atom. The molecule has 0 unspecified atom stereocenters. The summed E-state index contributed by atoms with van der Waals surface area (Å²) < 4.78 is 17.7. The van der Waals surface area contributed by atoms with Gasteiger partial charge in [-0.1, -0.05) is 36.9 Å². The van der Waals surface area contributed by atoms with Crippen LogP contribution in [-0.2, 0) is 20.8 Å². The third-order valence-electron chi connectivity index (χ3n) is 4.73. The van der Waals surface area contributed by atoms with Gasteiger partial charge in [0.15, 0.2) is 0 Å². The van der Waals surface area contributed by atoms with Crippen molar-refractivity contribution in [1.29, 1.82) is 0 Å². The van der Waals surface area contributed by atoms with E-state index in [-0.39, 0.29) is 18.7 Å². The fourth-order valence-corrected chi connectivity index (χ4v) is 4.12. The highest BCUT2D eigenvalue weighted by Gasteiger charge is 2.10. The van der Waals surface area contributed by atoms with Gasteiger partial charge in [-0.3, -0.25) is 9.36 Å². The number of thiazole rings is 1. The quantitative estimate of drug-likeness (QED) is 0.346. The zero-order chi connectivity index (χ0) is 24.5. The van der Waals surface area contributed by atoms with Gasteiger partial charge in [-0.2, -0.15) is 0 Å². The summed E-state index contributed by atoms with van der Waals surface area (Å²) in [5, 5.41) is 0. The highest BCUT2D eigenvalue weighted by atomic mass is 32.1. The molecular weight excluding hydrogens is 454 g/mol. The molecule has 0 aliphatic carbocycles. The summed E-state index contributed by atoms with van der Waals surface area (Å²) in [6.07, 6.45) is 4.75. The van der Waals surface area contributed by atoms with Gasteiger partial charge in [0.25, 0.3) is 5.56 Å². The molecule has 0 atom stereocenters. The lowest BCUT2D eigenvalue weighted by Gasteiger charge is -2.05.